The van der Waals surface area contributed by atoms with E-state index in [9.17, 15) is 4.79 Å². The quantitative estimate of drug-likeness (QED) is 0.564. The number of amides is 1. The van der Waals surface area contributed by atoms with Crippen LogP contribution in [-0.2, 0) is 17.8 Å². The van der Waals surface area contributed by atoms with Crippen LogP contribution in [0.15, 0.2) is 47.5 Å². The maximum absolute atomic E-state index is 12.5. The first-order chi connectivity index (χ1) is 12.9. The van der Waals surface area contributed by atoms with Crippen molar-refractivity contribution in [3.05, 3.63) is 64.0 Å². The van der Waals surface area contributed by atoms with Gasteiger partial charge in [0.15, 0.2) is 4.80 Å². The number of thiazole rings is 1. The number of fused-ring (bicyclic) bond motifs is 1. The van der Waals surface area contributed by atoms with Gasteiger partial charge in [0.05, 0.1) is 16.6 Å². The van der Waals surface area contributed by atoms with Crippen LogP contribution in [0.1, 0.15) is 63.1 Å². The number of carbonyl (C=O) groups is 1. The molecular weight excluding hydrogens is 352 g/mol. The highest BCUT2D eigenvalue weighted by Crippen LogP contribution is 2.23. The summed E-state index contributed by atoms with van der Waals surface area (Å²) in [6, 6.07) is 14.8. The smallest absolute Gasteiger partial charge is 0.252 e. The van der Waals surface area contributed by atoms with Crippen LogP contribution in [-0.4, -0.2) is 10.5 Å². The molecule has 3 nitrogen and oxygen atoms in total. The molecule has 3 rings (SSSR count). The van der Waals surface area contributed by atoms with Gasteiger partial charge >= 0.3 is 0 Å². The fraction of sp³-hybridized carbons (Fsp3) is 0.391. The van der Waals surface area contributed by atoms with Crippen LogP contribution < -0.4 is 4.80 Å². The van der Waals surface area contributed by atoms with Crippen molar-refractivity contribution >= 4 is 27.5 Å². The topological polar surface area (TPSA) is 34.4 Å². The lowest BCUT2D eigenvalue weighted by Crippen LogP contribution is -2.16. The molecule has 4 heteroatoms. The summed E-state index contributed by atoms with van der Waals surface area (Å²) >= 11 is 1.60. The highest BCUT2D eigenvalue weighted by molar-refractivity contribution is 7.16. The molecule has 0 spiro atoms. The number of hydrogen-bond acceptors (Lipinski definition) is 2. The number of benzene rings is 2. The second kappa shape index (κ2) is 8.22. The number of hydrogen-bond donors (Lipinski definition) is 0. The SMILES string of the molecule is CCn1c(=NC(=O)Cc2ccc(C(C)C)cc2)sc2cc(C(C)C)ccc21. The third kappa shape index (κ3) is 4.38. The standard InChI is InChI=1S/C23H28N2OS/c1-6-25-20-12-11-19(16(4)5)14-21(20)27-23(25)24-22(26)13-17-7-9-18(10-8-17)15(2)3/h7-12,14-16H,6,13H2,1-5H3. The van der Waals surface area contributed by atoms with Crippen LogP contribution in [0.5, 0.6) is 0 Å². The molecule has 0 atom stereocenters. The highest BCUT2D eigenvalue weighted by atomic mass is 32.1. The summed E-state index contributed by atoms with van der Waals surface area (Å²) in [5.74, 6) is 0.893. The van der Waals surface area contributed by atoms with Gasteiger partial charge in [0.25, 0.3) is 5.91 Å². The van der Waals surface area contributed by atoms with Crippen molar-refractivity contribution in [3.63, 3.8) is 0 Å². The monoisotopic (exact) mass is 380 g/mol. The Balaban J connectivity index is 1.90. The van der Waals surface area contributed by atoms with Crippen molar-refractivity contribution in [2.45, 2.75) is 59.4 Å². The van der Waals surface area contributed by atoms with Gasteiger partial charge in [-0.25, -0.2) is 0 Å². The Morgan fingerprint density at radius 2 is 1.63 bits per heavy atom. The van der Waals surface area contributed by atoms with E-state index in [-0.39, 0.29) is 5.91 Å². The van der Waals surface area contributed by atoms with Crippen molar-refractivity contribution in [1.29, 1.82) is 0 Å². The van der Waals surface area contributed by atoms with Crippen molar-refractivity contribution < 1.29 is 4.79 Å². The fourth-order valence-electron chi connectivity index (χ4n) is 3.18. The average molecular weight is 381 g/mol. The van der Waals surface area contributed by atoms with Gasteiger partial charge in [-0.1, -0.05) is 69.4 Å². The lowest BCUT2D eigenvalue weighted by Gasteiger charge is -2.06. The average Bonchev–Trinajstić information content (AvgIpc) is 2.97. The molecule has 0 aliphatic rings. The highest BCUT2D eigenvalue weighted by Gasteiger charge is 2.10. The van der Waals surface area contributed by atoms with Crippen LogP contribution in [0.25, 0.3) is 10.2 Å². The van der Waals surface area contributed by atoms with Gasteiger partial charge in [-0.15, -0.1) is 0 Å². The molecule has 0 aliphatic heterocycles. The Morgan fingerprint density at radius 1 is 1.00 bits per heavy atom. The molecule has 1 aromatic heterocycles. The third-order valence-electron chi connectivity index (χ3n) is 4.91. The van der Waals surface area contributed by atoms with Crippen LogP contribution in [0, 0.1) is 0 Å². The van der Waals surface area contributed by atoms with Gasteiger partial charge < -0.3 is 4.57 Å². The van der Waals surface area contributed by atoms with Crippen LogP contribution >= 0.6 is 11.3 Å². The van der Waals surface area contributed by atoms with E-state index in [1.54, 1.807) is 11.3 Å². The molecule has 0 bridgehead atoms. The summed E-state index contributed by atoms with van der Waals surface area (Å²) in [7, 11) is 0. The first kappa shape index (κ1) is 19.6. The molecule has 2 aromatic carbocycles. The summed E-state index contributed by atoms with van der Waals surface area (Å²) in [6.07, 6.45) is 0.341. The normalized spacial score (nSPS) is 12.5. The molecule has 0 saturated carbocycles. The van der Waals surface area contributed by atoms with Crippen molar-refractivity contribution in [3.8, 4) is 0 Å². The first-order valence-electron chi connectivity index (χ1n) is 9.68. The van der Waals surface area contributed by atoms with Crippen molar-refractivity contribution in [1.82, 2.24) is 4.57 Å². The number of aryl methyl sites for hydroxylation is 1. The van der Waals surface area contributed by atoms with Crippen LogP contribution in [0.2, 0.25) is 0 Å². The lowest BCUT2D eigenvalue weighted by atomic mass is 10.0. The lowest BCUT2D eigenvalue weighted by molar-refractivity contribution is -0.117. The van der Waals surface area contributed by atoms with Gasteiger partial charge in [0, 0.05) is 6.54 Å². The largest absolute Gasteiger partial charge is 0.317 e. The van der Waals surface area contributed by atoms with Crippen molar-refractivity contribution in [2.75, 3.05) is 0 Å². The molecule has 0 aliphatic carbocycles. The fourth-order valence-corrected chi connectivity index (χ4v) is 4.34. The summed E-state index contributed by atoms with van der Waals surface area (Å²) in [6.45, 7) is 11.6. The van der Waals surface area contributed by atoms with Gasteiger partial charge in [-0.05, 0) is 47.6 Å². The summed E-state index contributed by atoms with van der Waals surface area (Å²) in [4.78, 5) is 17.8. The van der Waals surface area contributed by atoms with E-state index < -0.39 is 0 Å². The number of aromatic nitrogens is 1. The molecule has 0 radical (unpaired) electrons. The van der Waals surface area contributed by atoms with Gasteiger partial charge in [0.1, 0.15) is 0 Å². The molecule has 1 heterocycles. The second-order valence-corrected chi connectivity index (χ2v) is 8.60. The zero-order chi connectivity index (χ0) is 19.6. The van der Waals surface area contributed by atoms with E-state index in [1.807, 2.05) is 12.1 Å². The molecule has 3 aromatic rings. The minimum Gasteiger partial charge on any atom is -0.317 e. The minimum absolute atomic E-state index is 0.0925. The Labute approximate surface area is 165 Å². The van der Waals surface area contributed by atoms with E-state index in [0.717, 1.165) is 22.4 Å². The molecule has 0 N–H and O–H groups in total. The second-order valence-electron chi connectivity index (χ2n) is 7.59. The molecule has 27 heavy (non-hydrogen) atoms. The van der Waals surface area contributed by atoms with Gasteiger partial charge in [0.2, 0.25) is 0 Å². The van der Waals surface area contributed by atoms with E-state index in [0.29, 0.717) is 18.3 Å². The third-order valence-corrected chi connectivity index (χ3v) is 5.95. The predicted molar refractivity (Wildman–Crippen MR) is 114 cm³/mol. The predicted octanol–water partition coefficient (Wildman–Crippen LogP) is 5.64. The maximum Gasteiger partial charge on any atom is 0.252 e. The molecule has 0 fully saturated rings. The molecule has 0 unspecified atom stereocenters. The summed E-state index contributed by atoms with van der Waals surface area (Å²) in [5, 5.41) is 0. The van der Waals surface area contributed by atoms with Crippen LogP contribution in [0.3, 0.4) is 0 Å². The first-order valence-corrected chi connectivity index (χ1v) is 10.5. The van der Waals surface area contributed by atoms with Gasteiger partial charge in [-0.2, -0.15) is 4.99 Å². The zero-order valence-corrected chi connectivity index (χ0v) is 17.6. The number of nitrogens with zero attached hydrogens (tertiary/aromatic N) is 2. The van der Waals surface area contributed by atoms with E-state index in [2.05, 4.69) is 74.5 Å². The van der Waals surface area contributed by atoms with Crippen LogP contribution in [0.4, 0.5) is 0 Å². The van der Waals surface area contributed by atoms with Gasteiger partial charge in [-0.3, -0.25) is 4.79 Å². The van der Waals surface area contributed by atoms with E-state index in [4.69, 9.17) is 0 Å². The summed E-state index contributed by atoms with van der Waals surface area (Å²) < 4.78 is 3.32. The van der Waals surface area contributed by atoms with Crippen molar-refractivity contribution in [2.24, 2.45) is 4.99 Å². The van der Waals surface area contributed by atoms with E-state index >= 15 is 0 Å². The molecule has 142 valence electrons. The zero-order valence-electron chi connectivity index (χ0n) is 16.8. The Hall–Kier alpha value is -2.20. The molecule has 0 saturated heterocycles. The Kier molecular flexibility index (Phi) is 5.95. The Morgan fingerprint density at radius 3 is 2.22 bits per heavy atom. The maximum atomic E-state index is 12.5. The summed E-state index contributed by atoms with van der Waals surface area (Å²) in [5.41, 5.74) is 4.77. The molecule has 1 amide bonds. The Bertz CT molecular complexity index is 1010. The van der Waals surface area contributed by atoms with E-state index in [1.165, 1.54) is 15.8 Å². The number of rotatable bonds is 5. The molecular formula is C23H28N2OS. The number of carbonyl (C=O) groups excluding carboxylic acids is 1. The minimum atomic E-state index is -0.0925.